The van der Waals surface area contributed by atoms with Crippen LogP contribution in [0.3, 0.4) is 0 Å². The Hall–Kier alpha value is -3.06. The van der Waals surface area contributed by atoms with Crippen molar-refractivity contribution in [2.45, 2.75) is 26.6 Å². The molecule has 1 saturated heterocycles. The lowest BCUT2D eigenvalue weighted by Gasteiger charge is -2.41. The van der Waals surface area contributed by atoms with E-state index in [0.717, 1.165) is 36.8 Å². The quantitative estimate of drug-likeness (QED) is 0.837. The maximum Gasteiger partial charge on any atom is 0.222 e. The second-order valence-corrected chi connectivity index (χ2v) is 7.27. The van der Waals surface area contributed by atoms with Crippen LogP contribution in [0, 0.1) is 6.92 Å². The number of guanidine groups is 2. The minimum atomic E-state index is -0.388. The van der Waals surface area contributed by atoms with E-state index in [4.69, 9.17) is 10.5 Å². The van der Waals surface area contributed by atoms with Gasteiger partial charge in [0.1, 0.15) is 0 Å². The molecule has 0 amide bonds. The summed E-state index contributed by atoms with van der Waals surface area (Å²) in [5.41, 5.74) is 10.6. The largest absolute Gasteiger partial charge is 0.378 e. The average Bonchev–Trinajstić information content (AvgIpc) is 2.75. The molecular formula is C22H28N6O. The first-order valence-corrected chi connectivity index (χ1v) is 10.1. The van der Waals surface area contributed by atoms with Crippen molar-refractivity contribution in [3.05, 3.63) is 59.7 Å². The Morgan fingerprint density at radius 3 is 2.41 bits per heavy atom. The summed E-state index contributed by atoms with van der Waals surface area (Å²) < 4.78 is 5.53. The molecule has 0 spiro atoms. The van der Waals surface area contributed by atoms with Crippen molar-refractivity contribution in [1.29, 1.82) is 0 Å². The summed E-state index contributed by atoms with van der Waals surface area (Å²) in [7, 11) is 0. The number of morpholine rings is 1. The molecular weight excluding hydrogens is 364 g/mol. The van der Waals surface area contributed by atoms with E-state index in [1.54, 1.807) is 0 Å². The van der Waals surface area contributed by atoms with Crippen molar-refractivity contribution in [3.63, 3.8) is 0 Å². The van der Waals surface area contributed by atoms with Crippen molar-refractivity contribution in [2.75, 3.05) is 36.5 Å². The van der Waals surface area contributed by atoms with Crippen LogP contribution in [0.25, 0.3) is 0 Å². The van der Waals surface area contributed by atoms with Gasteiger partial charge in [-0.2, -0.15) is 4.99 Å². The Labute approximate surface area is 171 Å². The van der Waals surface area contributed by atoms with Gasteiger partial charge in [-0.1, -0.05) is 36.8 Å². The van der Waals surface area contributed by atoms with E-state index in [1.165, 1.54) is 11.1 Å². The SMILES string of the molecule is CCc1ccc(NC2N=C(N)N=C(N3CCOCC3)N2c2ccc(C)cc2)cc1. The number of nitrogens with zero attached hydrogens (tertiary/aromatic N) is 4. The lowest BCUT2D eigenvalue weighted by molar-refractivity contribution is 0.0671. The number of rotatable bonds is 4. The molecule has 1 unspecified atom stereocenters. The fourth-order valence-electron chi connectivity index (χ4n) is 3.51. The van der Waals surface area contributed by atoms with E-state index >= 15 is 0 Å². The van der Waals surface area contributed by atoms with E-state index in [-0.39, 0.29) is 12.2 Å². The number of aliphatic imine (C=N–C) groups is 2. The van der Waals surface area contributed by atoms with Gasteiger partial charge in [-0.15, -0.1) is 0 Å². The van der Waals surface area contributed by atoms with Crippen LogP contribution in [0.1, 0.15) is 18.1 Å². The van der Waals surface area contributed by atoms with Crippen LogP contribution in [0.15, 0.2) is 58.5 Å². The summed E-state index contributed by atoms with van der Waals surface area (Å²) >= 11 is 0. The zero-order valence-electron chi connectivity index (χ0n) is 17.0. The average molecular weight is 393 g/mol. The molecule has 0 bridgehead atoms. The van der Waals surface area contributed by atoms with Crippen molar-refractivity contribution in [3.8, 4) is 0 Å². The smallest absolute Gasteiger partial charge is 0.222 e. The first kappa shape index (κ1) is 19.3. The van der Waals surface area contributed by atoms with Gasteiger partial charge in [0, 0.05) is 24.5 Å². The van der Waals surface area contributed by atoms with E-state index in [2.05, 4.69) is 87.5 Å². The first-order chi connectivity index (χ1) is 14.1. The molecule has 2 aliphatic rings. The van der Waals surface area contributed by atoms with Crippen LogP contribution < -0.4 is 16.0 Å². The predicted octanol–water partition coefficient (Wildman–Crippen LogP) is 2.78. The maximum atomic E-state index is 6.12. The number of hydrogen-bond acceptors (Lipinski definition) is 7. The molecule has 2 heterocycles. The summed E-state index contributed by atoms with van der Waals surface area (Å²) in [6.45, 7) is 7.12. The van der Waals surface area contributed by atoms with Gasteiger partial charge in [0.25, 0.3) is 0 Å². The van der Waals surface area contributed by atoms with Gasteiger partial charge in [-0.25, -0.2) is 4.99 Å². The molecule has 0 radical (unpaired) electrons. The van der Waals surface area contributed by atoms with Gasteiger partial charge in [0.05, 0.1) is 13.2 Å². The predicted molar refractivity (Wildman–Crippen MR) is 118 cm³/mol. The van der Waals surface area contributed by atoms with Crippen LogP contribution in [0.2, 0.25) is 0 Å². The van der Waals surface area contributed by atoms with Crippen molar-refractivity contribution in [2.24, 2.45) is 15.7 Å². The molecule has 4 rings (SSSR count). The molecule has 3 N–H and O–H groups in total. The summed E-state index contributed by atoms with van der Waals surface area (Å²) in [6.07, 6.45) is 0.624. The van der Waals surface area contributed by atoms with Crippen LogP contribution >= 0.6 is 0 Å². The van der Waals surface area contributed by atoms with E-state index < -0.39 is 0 Å². The second kappa shape index (κ2) is 8.53. The van der Waals surface area contributed by atoms with Gasteiger partial charge in [-0.05, 0) is 43.2 Å². The van der Waals surface area contributed by atoms with Crippen LogP contribution in [-0.2, 0) is 11.2 Å². The number of anilines is 2. The van der Waals surface area contributed by atoms with Gasteiger partial charge < -0.3 is 20.7 Å². The topological polar surface area (TPSA) is 78.5 Å². The number of nitrogens with one attached hydrogen (secondary N) is 1. The summed E-state index contributed by atoms with van der Waals surface area (Å²) in [5, 5.41) is 3.51. The normalized spacial score (nSPS) is 19.6. The number of hydrogen-bond donors (Lipinski definition) is 2. The molecule has 0 aliphatic carbocycles. The Kier molecular flexibility index (Phi) is 5.67. The molecule has 2 aromatic carbocycles. The Morgan fingerprint density at radius 1 is 1.07 bits per heavy atom. The highest BCUT2D eigenvalue weighted by Crippen LogP contribution is 2.25. The minimum absolute atomic E-state index is 0.275. The zero-order chi connectivity index (χ0) is 20.2. The molecule has 2 aromatic rings. The Bertz CT molecular complexity index is 885. The highest BCUT2D eigenvalue weighted by molar-refractivity contribution is 6.06. The lowest BCUT2D eigenvalue weighted by Crippen LogP contribution is -2.57. The highest BCUT2D eigenvalue weighted by Gasteiger charge is 2.32. The van der Waals surface area contributed by atoms with E-state index in [9.17, 15) is 0 Å². The minimum Gasteiger partial charge on any atom is -0.378 e. The Balaban J connectivity index is 1.68. The molecule has 1 fully saturated rings. The lowest BCUT2D eigenvalue weighted by atomic mass is 10.1. The van der Waals surface area contributed by atoms with Crippen LogP contribution in [0.5, 0.6) is 0 Å². The van der Waals surface area contributed by atoms with Gasteiger partial charge in [0.2, 0.25) is 18.2 Å². The van der Waals surface area contributed by atoms with Gasteiger partial charge >= 0.3 is 0 Å². The third-order valence-corrected chi connectivity index (χ3v) is 5.19. The molecule has 0 saturated carbocycles. The second-order valence-electron chi connectivity index (χ2n) is 7.27. The zero-order valence-corrected chi connectivity index (χ0v) is 17.0. The highest BCUT2D eigenvalue weighted by atomic mass is 16.5. The van der Waals surface area contributed by atoms with Crippen LogP contribution in [0.4, 0.5) is 11.4 Å². The third kappa shape index (κ3) is 4.35. The van der Waals surface area contributed by atoms with Gasteiger partial charge in [-0.3, -0.25) is 4.90 Å². The fraction of sp³-hybridized carbons (Fsp3) is 0.364. The number of ether oxygens (including phenoxy) is 1. The molecule has 152 valence electrons. The molecule has 2 aliphatic heterocycles. The molecule has 1 atom stereocenters. The van der Waals surface area contributed by atoms with E-state index in [0.29, 0.717) is 13.2 Å². The molecule has 29 heavy (non-hydrogen) atoms. The summed E-state index contributed by atoms with van der Waals surface area (Å²) in [5.74, 6) is 1.07. The van der Waals surface area contributed by atoms with E-state index in [1.807, 2.05) is 0 Å². The summed E-state index contributed by atoms with van der Waals surface area (Å²) in [6, 6.07) is 16.8. The molecule has 7 nitrogen and oxygen atoms in total. The standard InChI is InChI=1S/C22H28N6O/c1-3-17-6-8-18(9-7-17)24-21-25-20(23)26-22(27-12-14-29-15-13-27)28(21)19-10-4-16(2)5-11-19/h4-11,21,24H,3,12-15H2,1-2H3,(H2,23,25). The maximum absolute atomic E-state index is 6.12. The Morgan fingerprint density at radius 2 is 1.76 bits per heavy atom. The number of aryl methyl sites for hydroxylation is 2. The third-order valence-electron chi connectivity index (χ3n) is 5.19. The number of nitrogens with two attached hydrogens (primary N) is 1. The molecule has 0 aromatic heterocycles. The molecule has 7 heteroatoms. The fourth-order valence-corrected chi connectivity index (χ4v) is 3.51. The summed E-state index contributed by atoms with van der Waals surface area (Å²) in [4.78, 5) is 13.5. The van der Waals surface area contributed by atoms with Gasteiger partial charge in [0.15, 0.2) is 0 Å². The van der Waals surface area contributed by atoms with Crippen molar-refractivity contribution < 1.29 is 4.74 Å². The first-order valence-electron chi connectivity index (χ1n) is 10.1. The van der Waals surface area contributed by atoms with Crippen molar-refractivity contribution >= 4 is 23.3 Å². The van der Waals surface area contributed by atoms with Crippen molar-refractivity contribution in [1.82, 2.24) is 4.90 Å². The number of benzene rings is 2. The van der Waals surface area contributed by atoms with Crippen LogP contribution in [-0.4, -0.2) is 49.4 Å². The monoisotopic (exact) mass is 392 g/mol.